The molecule has 1 N–H and O–H groups in total. The maximum atomic E-state index is 11.1. The molecule has 0 aliphatic heterocycles. The Balaban J connectivity index is 2.15. The summed E-state index contributed by atoms with van der Waals surface area (Å²) in [4.78, 5) is 20.0. The lowest BCUT2D eigenvalue weighted by Crippen LogP contribution is -2.06. The predicted octanol–water partition coefficient (Wildman–Crippen LogP) is 3.36. The van der Waals surface area contributed by atoms with Crippen molar-refractivity contribution in [3.05, 3.63) is 46.2 Å². The first-order valence-corrected chi connectivity index (χ1v) is 7.61. The number of aromatic carboxylic acids is 1. The van der Waals surface area contributed by atoms with Crippen LogP contribution in [0.25, 0.3) is 11.0 Å². The van der Waals surface area contributed by atoms with E-state index >= 15 is 0 Å². The first kappa shape index (κ1) is 13.8. The molecule has 0 aliphatic carbocycles. The standard InChI is InChI=1S/C15H15N3O2S/c1-9(2)14-17-12-5-10(15(19)20)3-4-13(12)18(14)6-11-7-21-8-16-11/h3-5,7-9H,6H2,1-2H3,(H,19,20). The number of carboxylic acid groups (broad SMARTS) is 1. The molecule has 0 saturated carbocycles. The molecule has 0 saturated heterocycles. The van der Waals surface area contributed by atoms with E-state index in [-0.39, 0.29) is 11.5 Å². The summed E-state index contributed by atoms with van der Waals surface area (Å²) in [5.41, 5.74) is 4.72. The number of nitrogens with zero attached hydrogens (tertiary/aromatic N) is 3. The SMILES string of the molecule is CC(C)c1nc2cc(C(=O)O)ccc2n1Cc1cscn1. The summed E-state index contributed by atoms with van der Waals surface area (Å²) in [6, 6.07) is 5.07. The number of carboxylic acids is 1. The molecular weight excluding hydrogens is 286 g/mol. The smallest absolute Gasteiger partial charge is 0.335 e. The van der Waals surface area contributed by atoms with E-state index in [2.05, 4.69) is 28.4 Å². The number of hydrogen-bond acceptors (Lipinski definition) is 4. The van der Waals surface area contributed by atoms with Crippen LogP contribution in [-0.4, -0.2) is 25.6 Å². The van der Waals surface area contributed by atoms with Crippen LogP contribution in [0.3, 0.4) is 0 Å². The molecule has 2 aromatic heterocycles. The van der Waals surface area contributed by atoms with Gasteiger partial charge in [-0.2, -0.15) is 0 Å². The molecule has 0 bridgehead atoms. The third kappa shape index (κ3) is 2.54. The zero-order chi connectivity index (χ0) is 15.0. The van der Waals surface area contributed by atoms with Crippen LogP contribution >= 0.6 is 11.3 Å². The van der Waals surface area contributed by atoms with Crippen molar-refractivity contribution in [3.8, 4) is 0 Å². The Hall–Kier alpha value is -2.21. The van der Waals surface area contributed by atoms with Crippen molar-refractivity contribution in [1.29, 1.82) is 0 Å². The average Bonchev–Trinajstić information content (AvgIpc) is 3.06. The Morgan fingerprint density at radius 3 is 2.86 bits per heavy atom. The summed E-state index contributed by atoms with van der Waals surface area (Å²) >= 11 is 1.56. The van der Waals surface area contributed by atoms with Crippen LogP contribution in [0.4, 0.5) is 0 Å². The molecule has 108 valence electrons. The number of carbonyl (C=O) groups is 1. The fourth-order valence-electron chi connectivity index (χ4n) is 2.37. The Labute approximate surface area is 125 Å². The van der Waals surface area contributed by atoms with Crippen molar-refractivity contribution in [2.75, 3.05) is 0 Å². The van der Waals surface area contributed by atoms with Gasteiger partial charge in [0.25, 0.3) is 0 Å². The summed E-state index contributed by atoms with van der Waals surface area (Å²) < 4.78 is 2.11. The number of imidazole rings is 1. The summed E-state index contributed by atoms with van der Waals surface area (Å²) in [5, 5.41) is 11.1. The van der Waals surface area contributed by atoms with Gasteiger partial charge in [0.15, 0.2) is 0 Å². The Morgan fingerprint density at radius 2 is 2.24 bits per heavy atom. The van der Waals surface area contributed by atoms with Gasteiger partial charge in [0.2, 0.25) is 0 Å². The van der Waals surface area contributed by atoms with Crippen molar-refractivity contribution in [2.24, 2.45) is 0 Å². The van der Waals surface area contributed by atoms with E-state index in [4.69, 9.17) is 5.11 Å². The van der Waals surface area contributed by atoms with Gasteiger partial charge in [0, 0.05) is 11.3 Å². The number of fused-ring (bicyclic) bond motifs is 1. The Morgan fingerprint density at radius 1 is 1.43 bits per heavy atom. The molecule has 2 heterocycles. The lowest BCUT2D eigenvalue weighted by Gasteiger charge is -2.10. The molecule has 3 rings (SSSR count). The van der Waals surface area contributed by atoms with Gasteiger partial charge in [0.1, 0.15) is 5.82 Å². The minimum absolute atomic E-state index is 0.254. The summed E-state index contributed by atoms with van der Waals surface area (Å²) in [6.45, 7) is 4.81. The van der Waals surface area contributed by atoms with E-state index < -0.39 is 5.97 Å². The van der Waals surface area contributed by atoms with Crippen LogP contribution in [0, 0.1) is 0 Å². The highest BCUT2D eigenvalue weighted by Crippen LogP contribution is 2.24. The third-order valence-corrected chi connectivity index (χ3v) is 3.98. The fourth-order valence-corrected chi connectivity index (χ4v) is 2.92. The number of hydrogen-bond donors (Lipinski definition) is 1. The van der Waals surface area contributed by atoms with E-state index in [1.165, 1.54) is 0 Å². The maximum absolute atomic E-state index is 11.1. The molecule has 0 unspecified atom stereocenters. The molecule has 3 aromatic rings. The minimum Gasteiger partial charge on any atom is -0.478 e. The quantitative estimate of drug-likeness (QED) is 0.802. The summed E-state index contributed by atoms with van der Waals surface area (Å²) in [7, 11) is 0. The average molecular weight is 301 g/mol. The fraction of sp³-hybridized carbons (Fsp3) is 0.267. The first-order valence-electron chi connectivity index (χ1n) is 6.67. The van der Waals surface area contributed by atoms with Gasteiger partial charge in [0.05, 0.1) is 34.3 Å². The van der Waals surface area contributed by atoms with Crippen molar-refractivity contribution < 1.29 is 9.90 Å². The monoisotopic (exact) mass is 301 g/mol. The normalized spacial score (nSPS) is 11.4. The molecular formula is C15H15N3O2S. The molecule has 0 amide bonds. The van der Waals surface area contributed by atoms with Gasteiger partial charge < -0.3 is 9.67 Å². The van der Waals surface area contributed by atoms with Gasteiger partial charge in [-0.15, -0.1) is 11.3 Å². The topological polar surface area (TPSA) is 68.0 Å². The summed E-state index contributed by atoms with van der Waals surface area (Å²) in [5.74, 6) is 0.266. The number of benzene rings is 1. The van der Waals surface area contributed by atoms with Gasteiger partial charge in [-0.05, 0) is 18.2 Å². The lowest BCUT2D eigenvalue weighted by molar-refractivity contribution is 0.0697. The van der Waals surface area contributed by atoms with Crippen molar-refractivity contribution in [3.63, 3.8) is 0 Å². The van der Waals surface area contributed by atoms with Crippen LogP contribution in [0.1, 0.15) is 41.6 Å². The number of aromatic nitrogens is 3. The number of thiazole rings is 1. The third-order valence-electron chi connectivity index (χ3n) is 3.34. The van der Waals surface area contributed by atoms with Gasteiger partial charge in [-0.3, -0.25) is 0 Å². The highest BCUT2D eigenvalue weighted by atomic mass is 32.1. The lowest BCUT2D eigenvalue weighted by atomic mass is 10.2. The minimum atomic E-state index is -0.933. The molecule has 0 spiro atoms. The van der Waals surface area contributed by atoms with Crippen LogP contribution < -0.4 is 0 Å². The largest absolute Gasteiger partial charge is 0.478 e. The van der Waals surface area contributed by atoms with Crippen LogP contribution in [0.15, 0.2) is 29.1 Å². The maximum Gasteiger partial charge on any atom is 0.335 e. The van der Waals surface area contributed by atoms with Crippen LogP contribution in [0.5, 0.6) is 0 Å². The first-order chi connectivity index (χ1) is 10.1. The van der Waals surface area contributed by atoms with Gasteiger partial charge in [-0.25, -0.2) is 14.8 Å². The molecule has 21 heavy (non-hydrogen) atoms. The van der Waals surface area contributed by atoms with Crippen molar-refractivity contribution in [2.45, 2.75) is 26.3 Å². The van der Waals surface area contributed by atoms with E-state index in [0.29, 0.717) is 12.1 Å². The van der Waals surface area contributed by atoms with Crippen LogP contribution in [-0.2, 0) is 6.54 Å². The second-order valence-corrected chi connectivity index (χ2v) is 5.92. The molecule has 0 atom stereocenters. The predicted molar refractivity (Wildman–Crippen MR) is 82.0 cm³/mol. The second-order valence-electron chi connectivity index (χ2n) is 5.20. The summed E-state index contributed by atoms with van der Waals surface area (Å²) in [6.07, 6.45) is 0. The molecule has 0 radical (unpaired) electrons. The van der Waals surface area contributed by atoms with Crippen molar-refractivity contribution in [1.82, 2.24) is 14.5 Å². The molecule has 5 nitrogen and oxygen atoms in total. The molecule has 0 fully saturated rings. The zero-order valence-electron chi connectivity index (χ0n) is 11.8. The second kappa shape index (κ2) is 5.29. The van der Waals surface area contributed by atoms with Gasteiger partial charge >= 0.3 is 5.97 Å². The van der Waals surface area contributed by atoms with Gasteiger partial charge in [-0.1, -0.05) is 13.8 Å². The molecule has 6 heteroatoms. The molecule has 0 aliphatic rings. The van der Waals surface area contributed by atoms with Crippen LogP contribution in [0.2, 0.25) is 0 Å². The Bertz CT molecular complexity index is 791. The van der Waals surface area contributed by atoms with E-state index in [0.717, 1.165) is 17.0 Å². The van der Waals surface area contributed by atoms with Crippen molar-refractivity contribution >= 4 is 28.3 Å². The Kier molecular flexibility index (Phi) is 3.47. The van der Waals surface area contributed by atoms with E-state index in [1.807, 2.05) is 17.0 Å². The zero-order valence-corrected chi connectivity index (χ0v) is 12.6. The highest BCUT2D eigenvalue weighted by Gasteiger charge is 2.16. The number of rotatable bonds is 4. The molecule has 1 aromatic carbocycles. The van der Waals surface area contributed by atoms with E-state index in [9.17, 15) is 4.79 Å². The highest BCUT2D eigenvalue weighted by molar-refractivity contribution is 7.07. The van der Waals surface area contributed by atoms with E-state index in [1.54, 1.807) is 23.5 Å².